The summed E-state index contributed by atoms with van der Waals surface area (Å²) in [6.45, 7) is 4.45. The molecule has 3 nitrogen and oxygen atoms in total. The molecule has 2 aliphatic carbocycles. The number of unbranched alkanes of at least 4 members (excludes halogenated alkanes) is 4. The van der Waals surface area contributed by atoms with Crippen molar-refractivity contribution in [2.24, 2.45) is 23.7 Å². The minimum Gasteiger partial charge on any atom is -0.425 e. The van der Waals surface area contributed by atoms with Crippen molar-refractivity contribution < 1.29 is 9.53 Å². The van der Waals surface area contributed by atoms with E-state index in [1.807, 2.05) is 12.1 Å². The summed E-state index contributed by atoms with van der Waals surface area (Å²) in [6, 6.07) is 3.95. The first-order chi connectivity index (χ1) is 16.2. The summed E-state index contributed by atoms with van der Waals surface area (Å²) in [5.74, 6) is 4.37. The van der Waals surface area contributed by atoms with E-state index >= 15 is 0 Å². The van der Waals surface area contributed by atoms with Crippen LogP contribution in [-0.4, -0.2) is 11.0 Å². The zero-order valence-corrected chi connectivity index (χ0v) is 21.5. The lowest BCUT2D eigenvalue weighted by Crippen LogP contribution is -2.26. The molecule has 0 unspecified atom stereocenters. The quantitative estimate of drug-likeness (QED) is 0.220. The highest BCUT2D eigenvalue weighted by molar-refractivity contribution is 5.72. The molecule has 33 heavy (non-hydrogen) atoms. The van der Waals surface area contributed by atoms with Crippen molar-refractivity contribution >= 4 is 5.97 Å². The molecule has 0 atom stereocenters. The van der Waals surface area contributed by atoms with Gasteiger partial charge in [0, 0.05) is 12.1 Å². The third-order valence-corrected chi connectivity index (χ3v) is 8.49. The lowest BCUT2D eigenvalue weighted by molar-refractivity contribution is -0.134. The first kappa shape index (κ1) is 26.2. The van der Waals surface area contributed by atoms with Crippen molar-refractivity contribution in [1.82, 2.24) is 4.98 Å². The Morgan fingerprint density at radius 3 is 2.00 bits per heavy atom. The fourth-order valence-corrected chi connectivity index (χ4v) is 6.25. The van der Waals surface area contributed by atoms with Crippen molar-refractivity contribution in [2.75, 3.05) is 0 Å². The van der Waals surface area contributed by atoms with E-state index < -0.39 is 0 Å². The van der Waals surface area contributed by atoms with Crippen LogP contribution in [0.1, 0.15) is 129 Å². The molecule has 1 aromatic heterocycles. The van der Waals surface area contributed by atoms with E-state index in [1.165, 1.54) is 83.5 Å². The highest BCUT2D eigenvalue weighted by Gasteiger charge is 2.30. The molecule has 2 aliphatic rings. The number of rotatable bonds is 13. The monoisotopic (exact) mass is 455 g/mol. The summed E-state index contributed by atoms with van der Waals surface area (Å²) in [6.07, 6.45) is 25.1. The number of aromatic nitrogens is 1. The van der Waals surface area contributed by atoms with Gasteiger partial charge in [0.15, 0.2) is 0 Å². The molecule has 0 amide bonds. The molecule has 3 heteroatoms. The van der Waals surface area contributed by atoms with E-state index in [1.54, 1.807) is 6.20 Å². The number of ether oxygens (including phenoxy) is 1. The minimum absolute atomic E-state index is 0.139. The predicted molar refractivity (Wildman–Crippen MR) is 137 cm³/mol. The Balaban J connectivity index is 1.29. The molecule has 0 saturated heterocycles. The number of aryl methyl sites for hydroxylation is 1. The molecule has 1 aromatic rings. The van der Waals surface area contributed by atoms with Gasteiger partial charge in [-0.05, 0) is 80.8 Å². The normalized spacial score (nSPS) is 25.6. The van der Waals surface area contributed by atoms with Gasteiger partial charge in [-0.25, -0.2) is 0 Å². The molecule has 0 aliphatic heterocycles. The summed E-state index contributed by atoms with van der Waals surface area (Å²) in [7, 11) is 0. The molecule has 2 fully saturated rings. The van der Waals surface area contributed by atoms with Crippen molar-refractivity contribution in [1.29, 1.82) is 0 Å². The Morgan fingerprint density at radius 1 is 0.818 bits per heavy atom. The number of hydrogen-bond acceptors (Lipinski definition) is 3. The Hall–Kier alpha value is -1.38. The maximum Gasteiger partial charge on any atom is 0.311 e. The number of carbonyl (C=O) groups excluding carboxylic acids is 1. The Bertz CT molecular complexity index is 654. The molecule has 186 valence electrons. The van der Waals surface area contributed by atoms with Crippen LogP contribution in [0, 0.1) is 23.7 Å². The van der Waals surface area contributed by atoms with Gasteiger partial charge in [0.25, 0.3) is 0 Å². The van der Waals surface area contributed by atoms with Gasteiger partial charge < -0.3 is 4.74 Å². The molecule has 2 saturated carbocycles. The molecule has 0 spiro atoms. The lowest BCUT2D eigenvalue weighted by Gasteiger charge is -2.38. The molecular weight excluding hydrogens is 406 g/mol. The summed E-state index contributed by atoms with van der Waals surface area (Å²) in [5, 5.41) is 0. The van der Waals surface area contributed by atoms with Crippen LogP contribution in [0.2, 0.25) is 0 Å². The standard InChI is InChI=1S/C30H49NO2/c1-3-5-7-9-24-11-16-26(17-12-24)27-18-13-25(14-19-27)15-20-28-21-22-29(23-31-28)33-30(32)10-8-6-4-2/h21-27H,3-20H2,1-2H3/t24-,25?,26-,27?. The van der Waals surface area contributed by atoms with Gasteiger partial charge in [0.1, 0.15) is 5.75 Å². The van der Waals surface area contributed by atoms with E-state index in [9.17, 15) is 4.79 Å². The molecule has 0 N–H and O–H groups in total. The van der Waals surface area contributed by atoms with Crippen molar-refractivity contribution in [3.8, 4) is 5.75 Å². The Morgan fingerprint density at radius 2 is 1.42 bits per heavy atom. The smallest absolute Gasteiger partial charge is 0.311 e. The van der Waals surface area contributed by atoms with E-state index in [4.69, 9.17) is 4.74 Å². The van der Waals surface area contributed by atoms with Crippen molar-refractivity contribution in [3.05, 3.63) is 24.0 Å². The number of esters is 1. The van der Waals surface area contributed by atoms with Crippen molar-refractivity contribution in [2.45, 2.75) is 129 Å². The molecule has 3 rings (SSSR count). The third-order valence-electron chi connectivity index (χ3n) is 8.49. The van der Waals surface area contributed by atoms with E-state index in [0.717, 1.165) is 55.0 Å². The van der Waals surface area contributed by atoms with Crippen LogP contribution in [0.3, 0.4) is 0 Å². The van der Waals surface area contributed by atoms with Crippen LogP contribution in [0.4, 0.5) is 0 Å². The fraction of sp³-hybridized carbons (Fsp3) is 0.800. The molecule has 0 bridgehead atoms. The second-order valence-corrected chi connectivity index (χ2v) is 11.0. The molecule has 0 aromatic carbocycles. The second kappa shape index (κ2) is 14.8. The van der Waals surface area contributed by atoms with E-state index in [2.05, 4.69) is 18.8 Å². The topological polar surface area (TPSA) is 39.2 Å². The number of pyridine rings is 1. The molecule has 1 heterocycles. The van der Waals surface area contributed by atoms with Gasteiger partial charge in [-0.1, -0.05) is 78.1 Å². The Labute approximate surface area is 203 Å². The average Bonchev–Trinajstić information content (AvgIpc) is 2.85. The highest BCUT2D eigenvalue weighted by atomic mass is 16.5. The summed E-state index contributed by atoms with van der Waals surface area (Å²) in [4.78, 5) is 16.4. The second-order valence-electron chi connectivity index (χ2n) is 11.0. The average molecular weight is 456 g/mol. The van der Waals surface area contributed by atoms with E-state index in [0.29, 0.717) is 12.2 Å². The van der Waals surface area contributed by atoms with Gasteiger partial charge in [-0.15, -0.1) is 0 Å². The van der Waals surface area contributed by atoms with Gasteiger partial charge in [-0.2, -0.15) is 0 Å². The summed E-state index contributed by atoms with van der Waals surface area (Å²) < 4.78 is 5.41. The van der Waals surface area contributed by atoms with Crippen LogP contribution in [0.25, 0.3) is 0 Å². The minimum atomic E-state index is -0.139. The van der Waals surface area contributed by atoms with Crippen LogP contribution in [0.5, 0.6) is 5.75 Å². The van der Waals surface area contributed by atoms with Crippen LogP contribution < -0.4 is 4.74 Å². The number of nitrogens with zero attached hydrogens (tertiary/aromatic N) is 1. The van der Waals surface area contributed by atoms with Crippen molar-refractivity contribution in [3.63, 3.8) is 0 Å². The molecule has 0 radical (unpaired) electrons. The zero-order chi connectivity index (χ0) is 23.3. The lowest BCUT2D eigenvalue weighted by atomic mass is 9.68. The number of carbonyl (C=O) groups is 1. The van der Waals surface area contributed by atoms with Crippen LogP contribution in [-0.2, 0) is 11.2 Å². The van der Waals surface area contributed by atoms with Gasteiger partial charge in [0.2, 0.25) is 0 Å². The zero-order valence-electron chi connectivity index (χ0n) is 21.5. The molecular formula is C30H49NO2. The highest BCUT2D eigenvalue weighted by Crippen LogP contribution is 2.43. The summed E-state index contributed by atoms with van der Waals surface area (Å²) in [5.41, 5.74) is 1.13. The SMILES string of the molecule is CCCCCC(=O)Oc1ccc(CCC2CCC([C@H]3CC[C@H](CCCCC)CC3)CC2)nc1. The van der Waals surface area contributed by atoms with Crippen LogP contribution in [0.15, 0.2) is 18.3 Å². The maximum atomic E-state index is 11.9. The van der Waals surface area contributed by atoms with Gasteiger partial charge in [0.05, 0.1) is 6.20 Å². The van der Waals surface area contributed by atoms with Gasteiger partial charge >= 0.3 is 5.97 Å². The van der Waals surface area contributed by atoms with E-state index in [-0.39, 0.29) is 5.97 Å². The largest absolute Gasteiger partial charge is 0.425 e. The first-order valence-corrected chi connectivity index (χ1v) is 14.3. The fourth-order valence-electron chi connectivity index (χ4n) is 6.25. The predicted octanol–water partition coefficient (Wildman–Crippen LogP) is 8.69. The first-order valence-electron chi connectivity index (χ1n) is 14.3. The summed E-state index contributed by atoms with van der Waals surface area (Å²) >= 11 is 0. The van der Waals surface area contributed by atoms with Gasteiger partial charge in [-0.3, -0.25) is 9.78 Å². The maximum absolute atomic E-state index is 11.9. The van der Waals surface area contributed by atoms with Crippen LogP contribution >= 0.6 is 0 Å². The third kappa shape index (κ3) is 9.41. The Kier molecular flexibility index (Phi) is 11.8. The number of hydrogen-bond donors (Lipinski definition) is 0.